The SMILES string of the molecule is Cc1cn(-c2ccccc2Cl)nc1C(=O)NC(C)C(C)C(=O)O. The number of aryl methyl sites for hydroxylation is 1. The van der Waals surface area contributed by atoms with Crippen molar-refractivity contribution >= 4 is 23.5 Å². The van der Waals surface area contributed by atoms with E-state index in [-0.39, 0.29) is 5.69 Å². The van der Waals surface area contributed by atoms with Crippen LogP contribution in [-0.2, 0) is 4.79 Å². The van der Waals surface area contributed by atoms with Crippen LogP contribution in [0.1, 0.15) is 29.9 Å². The van der Waals surface area contributed by atoms with Crippen molar-refractivity contribution in [1.29, 1.82) is 0 Å². The van der Waals surface area contributed by atoms with Crippen molar-refractivity contribution in [2.45, 2.75) is 26.8 Å². The summed E-state index contributed by atoms with van der Waals surface area (Å²) in [6.45, 7) is 4.96. The number of carbonyl (C=O) groups is 2. The van der Waals surface area contributed by atoms with E-state index in [0.29, 0.717) is 16.3 Å². The zero-order chi connectivity index (χ0) is 17.1. The van der Waals surface area contributed by atoms with E-state index in [1.807, 2.05) is 12.1 Å². The lowest BCUT2D eigenvalue weighted by molar-refractivity contribution is -0.141. The van der Waals surface area contributed by atoms with Crippen molar-refractivity contribution in [3.05, 3.63) is 46.7 Å². The summed E-state index contributed by atoms with van der Waals surface area (Å²) in [4.78, 5) is 23.3. The Labute approximate surface area is 139 Å². The summed E-state index contributed by atoms with van der Waals surface area (Å²) < 4.78 is 1.54. The predicted molar refractivity (Wildman–Crippen MR) is 87.0 cm³/mol. The van der Waals surface area contributed by atoms with Gasteiger partial charge in [-0.2, -0.15) is 5.10 Å². The van der Waals surface area contributed by atoms with E-state index in [4.69, 9.17) is 16.7 Å². The molecule has 7 heteroatoms. The standard InChI is InChI=1S/C16H18ClN3O3/c1-9-8-20(13-7-5-4-6-12(13)17)19-14(9)15(21)18-11(3)10(2)16(22)23/h4-8,10-11H,1-3H3,(H,18,21)(H,22,23). The van der Waals surface area contributed by atoms with Crippen molar-refractivity contribution in [3.63, 3.8) is 0 Å². The maximum Gasteiger partial charge on any atom is 0.308 e. The number of aromatic nitrogens is 2. The molecule has 2 unspecified atom stereocenters. The van der Waals surface area contributed by atoms with Gasteiger partial charge in [0.25, 0.3) is 5.91 Å². The number of para-hydroxylation sites is 1. The van der Waals surface area contributed by atoms with E-state index in [2.05, 4.69) is 10.4 Å². The zero-order valence-electron chi connectivity index (χ0n) is 13.1. The Hall–Kier alpha value is -2.34. The van der Waals surface area contributed by atoms with E-state index in [1.54, 1.807) is 39.1 Å². The average Bonchev–Trinajstić information content (AvgIpc) is 2.88. The van der Waals surface area contributed by atoms with Crippen LogP contribution in [0.15, 0.2) is 30.5 Å². The summed E-state index contributed by atoms with van der Waals surface area (Å²) >= 11 is 6.13. The Morgan fingerprint density at radius 2 is 1.96 bits per heavy atom. The normalized spacial score (nSPS) is 13.4. The molecule has 122 valence electrons. The molecule has 0 saturated heterocycles. The van der Waals surface area contributed by atoms with Gasteiger partial charge in [0, 0.05) is 17.8 Å². The quantitative estimate of drug-likeness (QED) is 0.879. The van der Waals surface area contributed by atoms with Crippen LogP contribution in [0.3, 0.4) is 0 Å². The lowest BCUT2D eigenvalue weighted by atomic mass is 10.0. The van der Waals surface area contributed by atoms with Gasteiger partial charge >= 0.3 is 5.97 Å². The minimum Gasteiger partial charge on any atom is -0.481 e. The first kappa shape index (κ1) is 17.0. The first-order chi connectivity index (χ1) is 10.8. The van der Waals surface area contributed by atoms with Crippen LogP contribution in [0.5, 0.6) is 0 Å². The molecule has 0 aliphatic carbocycles. The number of rotatable bonds is 5. The van der Waals surface area contributed by atoms with E-state index in [0.717, 1.165) is 0 Å². The Balaban J connectivity index is 2.23. The predicted octanol–water partition coefficient (Wildman–Crippen LogP) is 2.67. The number of amides is 1. The number of aliphatic carboxylic acids is 1. The molecule has 2 atom stereocenters. The third kappa shape index (κ3) is 3.71. The Kier molecular flexibility index (Phi) is 5.05. The van der Waals surface area contributed by atoms with Crippen molar-refractivity contribution < 1.29 is 14.7 Å². The monoisotopic (exact) mass is 335 g/mol. The lowest BCUT2D eigenvalue weighted by Gasteiger charge is -2.17. The van der Waals surface area contributed by atoms with Gasteiger partial charge in [0.15, 0.2) is 5.69 Å². The number of benzene rings is 1. The summed E-state index contributed by atoms with van der Waals surface area (Å²) in [6, 6.07) is 6.67. The highest BCUT2D eigenvalue weighted by Gasteiger charge is 2.23. The van der Waals surface area contributed by atoms with Crippen molar-refractivity contribution in [1.82, 2.24) is 15.1 Å². The molecule has 23 heavy (non-hydrogen) atoms. The number of nitrogens with one attached hydrogen (secondary N) is 1. The first-order valence-corrected chi connectivity index (χ1v) is 7.54. The van der Waals surface area contributed by atoms with E-state index >= 15 is 0 Å². The van der Waals surface area contributed by atoms with Crippen LogP contribution in [0.25, 0.3) is 5.69 Å². The largest absolute Gasteiger partial charge is 0.481 e. The first-order valence-electron chi connectivity index (χ1n) is 7.16. The molecule has 0 radical (unpaired) electrons. The fraction of sp³-hybridized carbons (Fsp3) is 0.312. The highest BCUT2D eigenvalue weighted by Crippen LogP contribution is 2.20. The highest BCUT2D eigenvalue weighted by atomic mass is 35.5. The minimum absolute atomic E-state index is 0.245. The van der Waals surface area contributed by atoms with Crippen LogP contribution in [0, 0.1) is 12.8 Å². The van der Waals surface area contributed by atoms with Gasteiger partial charge in [0.05, 0.1) is 16.6 Å². The third-order valence-corrected chi connectivity index (χ3v) is 4.03. The smallest absolute Gasteiger partial charge is 0.308 e. The molecule has 0 fully saturated rings. The fourth-order valence-electron chi connectivity index (χ4n) is 2.06. The molecular weight excluding hydrogens is 318 g/mol. The number of hydrogen-bond donors (Lipinski definition) is 2. The summed E-state index contributed by atoms with van der Waals surface area (Å²) in [6.07, 6.45) is 1.71. The number of halogens is 1. The summed E-state index contributed by atoms with van der Waals surface area (Å²) in [5, 5.41) is 16.5. The molecule has 2 aromatic rings. The Bertz CT molecular complexity index is 742. The third-order valence-electron chi connectivity index (χ3n) is 3.71. The van der Waals surface area contributed by atoms with Gasteiger partial charge in [0.2, 0.25) is 0 Å². The van der Waals surface area contributed by atoms with Crippen molar-refractivity contribution in [2.75, 3.05) is 0 Å². The molecule has 1 aromatic carbocycles. The number of carbonyl (C=O) groups excluding carboxylic acids is 1. The van der Waals surface area contributed by atoms with Gasteiger partial charge in [-0.25, -0.2) is 4.68 Å². The summed E-state index contributed by atoms with van der Waals surface area (Å²) in [5.41, 5.74) is 1.59. The molecule has 1 heterocycles. The fourth-order valence-corrected chi connectivity index (χ4v) is 2.28. The molecule has 0 bridgehead atoms. The minimum atomic E-state index is -0.962. The molecule has 6 nitrogen and oxygen atoms in total. The number of carboxylic acid groups (broad SMARTS) is 1. The Morgan fingerprint density at radius 1 is 1.30 bits per heavy atom. The molecule has 0 saturated carbocycles. The molecule has 0 aliphatic heterocycles. The molecule has 0 aliphatic rings. The van der Waals surface area contributed by atoms with E-state index in [9.17, 15) is 9.59 Å². The van der Waals surface area contributed by atoms with Gasteiger partial charge in [0.1, 0.15) is 0 Å². The molecule has 1 aromatic heterocycles. The van der Waals surface area contributed by atoms with Crippen LogP contribution in [0.4, 0.5) is 0 Å². The van der Waals surface area contributed by atoms with Crippen LogP contribution in [0.2, 0.25) is 5.02 Å². The molecule has 2 N–H and O–H groups in total. The second-order valence-corrected chi connectivity index (χ2v) is 5.85. The average molecular weight is 336 g/mol. The topological polar surface area (TPSA) is 84.2 Å². The van der Waals surface area contributed by atoms with E-state index in [1.165, 1.54) is 4.68 Å². The molecule has 1 amide bonds. The van der Waals surface area contributed by atoms with Crippen molar-refractivity contribution in [3.8, 4) is 5.69 Å². The lowest BCUT2D eigenvalue weighted by Crippen LogP contribution is -2.40. The number of hydrogen-bond acceptors (Lipinski definition) is 3. The molecular formula is C16H18ClN3O3. The number of carboxylic acids is 1. The van der Waals surface area contributed by atoms with Gasteiger partial charge in [-0.15, -0.1) is 0 Å². The maximum atomic E-state index is 12.3. The van der Waals surface area contributed by atoms with Gasteiger partial charge in [-0.3, -0.25) is 9.59 Å². The van der Waals surface area contributed by atoms with Gasteiger partial charge in [-0.1, -0.05) is 23.7 Å². The van der Waals surface area contributed by atoms with Crippen LogP contribution in [-0.4, -0.2) is 32.8 Å². The molecule has 0 spiro atoms. The second-order valence-electron chi connectivity index (χ2n) is 5.45. The zero-order valence-corrected chi connectivity index (χ0v) is 13.8. The number of nitrogens with zero attached hydrogens (tertiary/aromatic N) is 2. The van der Waals surface area contributed by atoms with Gasteiger partial charge in [-0.05, 0) is 32.9 Å². The summed E-state index contributed by atoms with van der Waals surface area (Å²) in [5.74, 6) is -2.06. The highest BCUT2D eigenvalue weighted by molar-refractivity contribution is 6.32. The van der Waals surface area contributed by atoms with E-state index < -0.39 is 23.8 Å². The maximum absolute atomic E-state index is 12.3. The summed E-state index contributed by atoms with van der Waals surface area (Å²) in [7, 11) is 0. The van der Waals surface area contributed by atoms with Crippen LogP contribution >= 0.6 is 11.6 Å². The van der Waals surface area contributed by atoms with Gasteiger partial charge < -0.3 is 10.4 Å². The van der Waals surface area contributed by atoms with Crippen molar-refractivity contribution in [2.24, 2.45) is 5.92 Å². The second kappa shape index (κ2) is 6.83. The molecule has 2 rings (SSSR count). The van der Waals surface area contributed by atoms with Crippen LogP contribution < -0.4 is 5.32 Å². The Morgan fingerprint density at radius 3 is 2.57 bits per heavy atom.